The van der Waals surface area contributed by atoms with Gasteiger partial charge in [-0.2, -0.15) is 11.8 Å². The fourth-order valence-corrected chi connectivity index (χ4v) is 4.83. The number of hydrogen-bond acceptors (Lipinski definition) is 3. The molecule has 16 heavy (non-hydrogen) atoms. The van der Waals surface area contributed by atoms with Crippen molar-refractivity contribution in [2.45, 2.75) is 44.2 Å². The molecular weight excluding hydrogens is 216 g/mol. The second kappa shape index (κ2) is 5.28. The predicted molar refractivity (Wildman–Crippen MR) is 71.1 cm³/mol. The summed E-state index contributed by atoms with van der Waals surface area (Å²) in [5, 5.41) is 3.87. The molecule has 1 N–H and O–H groups in total. The van der Waals surface area contributed by atoms with Crippen molar-refractivity contribution in [2.75, 3.05) is 31.1 Å². The van der Waals surface area contributed by atoms with Crippen LogP contribution in [0.2, 0.25) is 0 Å². The molecule has 0 spiro atoms. The standard InChI is InChI=1S/C13H24N2S/c1-2-6-15-7-4-12(13(15)3-1)14-9-11-5-8-16-10-11/h11-14H,1-10H2. The summed E-state index contributed by atoms with van der Waals surface area (Å²) in [6.07, 6.45) is 7.17. The van der Waals surface area contributed by atoms with Crippen molar-refractivity contribution in [3.8, 4) is 0 Å². The lowest BCUT2D eigenvalue weighted by Crippen LogP contribution is -2.46. The third-order valence-corrected chi connectivity index (χ3v) is 5.78. The van der Waals surface area contributed by atoms with E-state index in [1.54, 1.807) is 0 Å². The summed E-state index contributed by atoms with van der Waals surface area (Å²) in [5.41, 5.74) is 0. The molecule has 0 aliphatic carbocycles. The van der Waals surface area contributed by atoms with Crippen LogP contribution in [0.5, 0.6) is 0 Å². The maximum atomic E-state index is 3.87. The maximum Gasteiger partial charge on any atom is 0.0249 e. The quantitative estimate of drug-likeness (QED) is 0.812. The van der Waals surface area contributed by atoms with Crippen LogP contribution < -0.4 is 5.32 Å². The Morgan fingerprint density at radius 1 is 1.12 bits per heavy atom. The molecule has 3 heteroatoms. The highest BCUT2D eigenvalue weighted by atomic mass is 32.2. The van der Waals surface area contributed by atoms with Gasteiger partial charge in [0.25, 0.3) is 0 Å². The van der Waals surface area contributed by atoms with Gasteiger partial charge in [0.05, 0.1) is 0 Å². The average molecular weight is 240 g/mol. The van der Waals surface area contributed by atoms with Gasteiger partial charge in [-0.3, -0.25) is 4.90 Å². The van der Waals surface area contributed by atoms with E-state index < -0.39 is 0 Å². The Bertz CT molecular complexity index is 228. The van der Waals surface area contributed by atoms with Gasteiger partial charge in [0.15, 0.2) is 0 Å². The summed E-state index contributed by atoms with van der Waals surface area (Å²) < 4.78 is 0. The molecule has 3 fully saturated rings. The molecule has 0 aromatic carbocycles. The van der Waals surface area contributed by atoms with Crippen LogP contribution in [-0.2, 0) is 0 Å². The van der Waals surface area contributed by atoms with Gasteiger partial charge in [-0.1, -0.05) is 6.42 Å². The Hall–Kier alpha value is 0.270. The minimum atomic E-state index is 0.811. The lowest BCUT2D eigenvalue weighted by Gasteiger charge is -2.33. The van der Waals surface area contributed by atoms with Crippen molar-refractivity contribution in [1.82, 2.24) is 10.2 Å². The molecule has 0 aromatic rings. The molecule has 3 saturated heterocycles. The molecule has 0 aromatic heterocycles. The molecule has 0 amide bonds. The van der Waals surface area contributed by atoms with E-state index >= 15 is 0 Å². The summed E-state index contributed by atoms with van der Waals surface area (Å²) in [6, 6.07) is 1.69. The molecule has 3 unspecified atom stereocenters. The number of fused-ring (bicyclic) bond motifs is 1. The highest BCUT2D eigenvalue weighted by Gasteiger charge is 2.35. The van der Waals surface area contributed by atoms with Crippen LogP contribution in [0, 0.1) is 5.92 Å². The zero-order valence-electron chi connectivity index (χ0n) is 10.2. The van der Waals surface area contributed by atoms with Gasteiger partial charge in [-0.25, -0.2) is 0 Å². The third-order valence-electron chi connectivity index (χ3n) is 4.55. The second-order valence-electron chi connectivity index (χ2n) is 5.63. The third kappa shape index (κ3) is 2.41. The first-order valence-corrected chi connectivity index (χ1v) is 8.14. The summed E-state index contributed by atoms with van der Waals surface area (Å²) in [6.45, 7) is 3.99. The summed E-state index contributed by atoms with van der Waals surface area (Å²) >= 11 is 2.14. The van der Waals surface area contributed by atoms with Gasteiger partial charge in [0, 0.05) is 18.6 Å². The Morgan fingerprint density at radius 2 is 2.12 bits per heavy atom. The molecule has 3 aliphatic rings. The van der Waals surface area contributed by atoms with Gasteiger partial charge >= 0.3 is 0 Å². The molecule has 3 atom stereocenters. The first kappa shape index (κ1) is 11.4. The molecule has 3 heterocycles. The van der Waals surface area contributed by atoms with E-state index in [1.807, 2.05) is 0 Å². The molecule has 2 nitrogen and oxygen atoms in total. The van der Waals surface area contributed by atoms with Crippen molar-refractivity contribution in [2.24, 2.45) is 5.92 Å². The normalized spacial score (nSPS) is 40.1. The summed E-state index contributed by atoms with van der Waals surface area (Å²) in [5.74, 6) is 3.75. The van der Waals surface area contributed by atoms with Crippen LogP contribution in [0.4, 0.5) is 0 Å². The Balaban J connectivity index is 1.47. The van der Waals surface area contributed by atoms with Crippen LogP contribution in [0.15, 0.2) is 0 Å². The topological polar surface area (TPSA) is 15.3 Å². The monoisotopic (exact) mass is 240 g/mol. The van der Waals surface area contributed by atoms with Crippen molar-refractivity contribution in [3.63, 3.8) is 0 Å². The van der Waals surface area contributed by atoms with E-state index in [0.29, 0.717) is 0 Å². The summed E-state index contributed by atoms with van der Waals surface area (Å²) in [4.78, 5) is 2.73. The van der Waals surface area contributed by atoms with Crippen LogP contribution >= 0.6 is 11.8 Å². The number of piperidine rings is 1. The van der Waals surface area contributed by atoms with Crippen molar-refractivity contribution in [3.05, 3.63) is 0 Å². The minimum absolute atomic E-state index is 0.811. The van der Waals surface area contributed by atoms with E-state index in [1.165, 1.54) is 63.2 Å². The number of thioether (sulfide) groups is 1. The highest BCUT2D eigenvalue weighted by Crippen LogP contribution is 2.28. The van der Waals surface area contributed by atoms with Crippen LogP contribution in [0.25, 0.3) is 0 Å². The lowest BCUT2D eigenvalue weighted by atomic mass is 9.98. The predicted octanol–water partition coefficient (Wildman–Crippen LogP) is 1.96. The number of hydrogen-bond donors (Lipinski definition) is 1. The zero-order chi connectivity index (χ0) is 10.8. The average Bonchev–Trinajstić information content (AvgIpc) is 2.96. The fourth-order valence-electron chi connectivity index (χ4n) is 3.55. The number of rotatable bonds is 3. The SMILES string of the molecule is C1CCN2CCC(NCC3CCSC3)C2C1. The van der Waals surface area contributed by atoms with Crippen molar-refractivity contribution in [1.29, 1.82) is 0 Å². The Kier molecular flexibility index (Phi) is 3.75. The van der Waals surface area contributed by atoms with Crippen LogP contribution in [0.1, 0.15) is 32.1 Å². The number of nitrogens with zero attached hydrogens (tertiary/aromatic N) is 1. The Morgan fingerprint density at radius 3 is 3.00 bits per heavy atom. The highest BCUT2D eigenvalue weighted by molar-refractivity contribution is 7.99. The van der Waals surface area contributed by atoms with Gasteiger partial charge < -0.3 is 5.32 Å². The smallest absolute Gasteiger partial charge is 0.0249 e. The van der Waals surface area contributed by atoms with Gasteiger partial charge in [-0.15, -0.1) is 0 Å². The van der Waals surface area contributed by atoms with Crippen LogP contribution in [-0.4, -0.2) is 48.1 Å². The van der Waals surface area contributed by atoms with Crippen molar-refractivity contribution < 1.29 is 0 Å². The fraction of sp³-hybridized carbons (Fsp3) is 1.00. The first-order chi connectivity index (χ1) is 7.93. The summed E-state index contributed by atoms with van der Waals surface area (Å²) in [7, 11) is 0. The van der Waals surface area contributed by atoms with E-state index in [2.05, 4.69) is 22.0 Å². The molecular formula is C13H24N2S. The van der Waals surface area contributed by atoms with E-state index in [9.17, 15) is 0 Å². The molecule has 92 valence electrons. The second-order valence-corrected chi connectivity index (χ2v) is 6.78. The van der Waals surface area contributed by atoms with Gasteiger partial charge in [0.2, 0.25) is 0 Å². The van der Waals surface area contributed by atoms with Crippen LogP contribution in [0.3, 0.4) is 0 Å². The zero-order valence-corrected chi connectivity index (χ0v) is 11.0. The maximum absolute atomic E-state index is 3.87. The molecule has 3 rings (SSSR count). The van der Waals surface area contributed by atoms with Gasteiger partial charge in [-0.05, 0) is 56.2 Å². The number of nitrogens with one attached hydrogen (secondary N) is 1. The molecule has 0 saturated carbocycles. The van der Waals surface area contributed by atoms with E-state index in [-0.39, 0.29) is 0 Å². The minimum Gasteiger partial charge on any atom is -0.312 e. The van der Waals surface area contributed by atoms with Gasteiger partial charge in [0.1, 0.15) is 0 Å². The lowest BCUT2D eigenvalue weighted by molar-refractivity contribution is 0.179. The largest absolute Gasteiger partial charge is 0.312 e. The van der Waals surface area contributed by atoms with E-state index in [4.69, 9.17) is 0 Å². The first-order valence-electron chi connectivity index (χ1n) is 6.98. The Labute approximate surface area is 104 Å². The molecule has 0 bridgehead atoms. The van der Waals surface area contributed by atoms with Crippen molar-refractivity contribution >= 4 is 11.8 Å². The molecule has 3 aliphatic heterocycles. The van der Waals surface area contributed by atoms with E-state index in [0.717, 1.165) is 18.0 Å². The molecule has 0 radical (unpaired) electrons.